The van der Waals surface area contributed by atoms with Crippen molar-refractivity contribution in [2.24, 2.45) is 0 Å². The molecular formula is C9H14U. The predicted molar refractivity (Wildman–Crippen MR) is 42.8 cm³/mol. The van der Waals surface area contributed by atoms with Crippen LogP contribution in [0, 0.1) is 45.0 Å². The van der Waals surface area contributed by atoms with Gasteiger partial charge in [-0.25, -0.2) is 18.6 Å². The molecule has 0 fully saturated rings. The minimum absolute atomic E-state index is 0. The minimum atomic E-state index is 0. The molecule has 0 aliphatic heterocycles. The van der Waals surface area contributed by atoms with Crippen LogP contribution < -0.4 is 0 Å². The molecule has 0 atom stereocenters. The van der Waals surface area contributed by atoms with Crippen LogP contribution in [0.4, 0.5) is 0 Å². The summed E-state index contributed by atoms with van der Waals surface area (Å²) in [6, 6.07) is 0. The molecule has 0 radical (unpaired) electrons. The van der Waals surface area contributed by atoms with E-state index < -0.39 is 0 Å². The van der Waals surface area contributed by atoms with Gasteiger partial charge in [0.1, 0.15) is 0 Å². The zero-order valence-electron chi connectivity index (χ0n) is 6.72. The summed E-state index contributed by atoms with van der Waals surface area (Å²) in [4.78, 5) is 0. The monoisotopic (exact) mass is 360 g/mol. The Labute approximate surface area is 88.2 Å². The molecule has 10 heavy (non-hydrogen) atoms. The van der Waals surface area contributed by atoms with Crippen molar-refractivity contribution < 1.29 is 31.1 Å². The summed E-state index contributed by atoms with van der Waals surface area (Å²) in [5, 5.41) is 0. The standard InChI is InChI=1S/C8H11.CH3.U/c1-2-8-6-4-3-5-7-8;;/h3-4,6-7H,2,5H2,1H3;1H3;/q2*-1;+2. The van der Waals surface area contributed by atoms with Crippen LogP contribution in [-0.4, -0.2) is 0 Å². The summed E-state index contributed by atoms with van der Waals surface area (Å²) in [5.74, 6) is 0. The van der Waals surface area contributed by atoms with Gasteiger partial charge >= 0.3 is 31.1 Å². The molecule has 0 spiro atoms. The second-order valence-corrected chi connectivity index (χ2v) is 1.96. The van der Waals surface area contributed by atoms with Crippen LogP contribution in [-0.2, 0) is 0 Å². The van der Waals surface area contributed by atoms with E-state index in [1.807, 2.05) is 0 Å². The largest absolute Gasteiger partial charge is 2.00 e. The zero-order chi connectivity index (χ0) is 5.82. The smallest absolute Gasteiger partial charge is 0.358 e. The second-order valence-electron chi connectivity index (χ2n) is 1.96. The van der Waals surface area contributed by atoms with E-state index in [4.69, 9.17) is 0 Å². The maximum Gasteiger partial charge on any atom is 2.00 e. The summed E-state index contributed by atoms with van der Waals surface area (Å²) in [6.07, 6.45) is 11.0. The van der Waals surface area contributed by atoms with E-state index in [-0.39, 0.29) is 38.5 Å². The number of rotatable bonds is 1. The van der Waals surface area contributed by atoms with Crippen LogP contribution in [0.1, 0.15) is 19.8 Å². The third-order valence-electron chi connectivity index (χ3n) is 1.37. The number of hydrogen-bond acceptors (Lipinski definition) is 0. The molecule has 54 valence electrons. The fraction of sp³-hybridized carbons (Fsp3) is 0.333. The van der Waals surface area contributed by atoms with E-state index in [2.05, 4.69) is 31.6 Å². The Hall–Kier alpha value is 0.402. The molecule has 1 rings (SSSR count). The zero-order valence-corrected chi connectivity index (χ0v) is 10.9. The van der Waals surface area contributed by atoms with Crippen LogP contribution in [0.15, 0.2) is 23.8 Å². The van der Waals surface area contributed by atoms with Gasteiger partial charge in [0.05, 0.1) is 0 Å². The van der Waals surface area contributed by atoms with Crippen LogP contribution in [0.2, 0.25) is 0 Å². The van der Waals surface area contributed by atoms with E-state index in [0.717, 1.165) is 6.42 Å². The molecule has 0 N–H and O–H groups in total. The van der Waals surface area contributed by atoms with Crippen molar-refractivity contribution in [2.75, 3.05) is 0 Å². The fourth-order valence-corrected chi connectivity index (χ4v) is 0.820. The average Bonchev–Trinajstić information content (AvgIpc) is 1.90. The van der Waals surface area contributed by atoms with Crippen molar-refractivity contribution in [1.29, 1.82) is 0 Å². The van der Waals surface area contributed by atoms with E-state index in [0.29, 0.717) is 0 Å². The number of allylic oxidation sites excluding steroid dienone is 4. The molecule has 0 heterocycles. The predicted octanol–water partition coefficient (Wildman–Crippen LogP) is 2.94. The van der Waals surface area contributed by atoms with Crippen molar-refractivity contribution in [3.63, 3.8) is 0 Å². The quantitative estimate of drug-likeness (QED) is 0.631. The Morgan fingerprint density at radius 1 is 1.60 bits per heavy atom. The van der Waals surface area contributed by atoms with Crippen molar-refractivity contribution in [3.8, 4) is 0 Å². The van der Waals surface area contributed by atoms with E-state index >= 15 is 0 Å². The summed E-state index contributed by atoms with van der Waals surface area (Å²) in [6.45, 7) is 2.18. The molecular weight excluding hydrogens is 346 g/mol. The summed E-state index contributed by atoms with van der Waals surface area (Å²) < 4.78 is 0. The van der Waals surface area contributed by atoms with Gasteiger partial charge in [-0.2, -0.15) is 0 Å². The molecule has 0 unspecified atom stereocenters. The Kier molecular flexibility index (Phi) is 9.78. The Morgan fingerprint density at radius 2 is 2.30 bits per heavy atom. The average molecular weight is 360 g/mol. The molecule has 0 aromatic carbocycles. The molecule has 1 aliphatic rings. The number of hydrogen-bond donors (Lipinski definition) is 0. The summed E-state index contributed by atoms with van der Waals surface area (Å²) in [5.41, 5.74) is 1.47. The Bertz CT molecular complexity index is 123. The van der Waals surface area contributed by atoms with Crippen LogP contribution in [0.25, 0.3) is 0 Å². The van der Waals surface area contributed by atoms with Crippen molar-refractivity contribution >= 4 is 0 Å². The van der Waals surface area contributed by atoms with Gasteiger partial charge in [-0.15, -0.1) is 11.6 Å². The Balaban J connectivity index is 0. The normalized spacial score (nSPS) is 13.9. The molecule has 0 nitrogen and oxygen atoms in total. The third kappa shape index (κ3) is 4.25. The first-order valence-electron chi connectivity index (χ1n) is 3.12. The molecule has 1 aliphatic carbocycles. The Morgan fingerprint density at radius 3 is 2.60 bits per heavy atom. The molecule has 1 heteroatoms. The first-order chi connectivity index (χ1) is 3.93. The van der Waals surface area contributed by atoms with Crippen molar-refractivity contribution in [1.82, 2.24) is 0 Å². The van der Waals surface area contributed by atoms with Crippen LogP contribution in [0.3, 0.4) is 0 Å². The molecule has 0 saturated heterocycles. The van der Waals surface area contributed by atoms with E-state index in [1.54, 1.807) is 0 Å². The van der Waals surface area contributed by atoms with E-state index in [9.17, 15) is 0 Å². The minimum Gasteiger partial charge on any atom is -0.358 e. The fourth-order valence-electron chi connectivity index (χ4n) is 0.820. The summed E-state index contributed by atoms with van der Waals surface area (Å²) in [7, 11) is 0. The van der Waals surface area contributed by atoms with Crippen molar-refractivity contribution in [2.45, 2.75) is 19.8 Å². The second kappa shape index (κ2) is 7.51. The SMILES string of the molecule is CCC1=CC[CH-]C=C1.[CH3-].[U+2]. The first kappa shape index (κ1) is 13.0. The first-order valence-corrected chi connectivity index (χ1v) is 3.12. The van der Waals surface area contributed by atoms with Gasteiger partial charge in [0, 0.05) is 0 Å². The maximum absolute atomic E-state index is 2.26. The van der Waals surface area contributed by atoms with Gasteiger partial charge in [0.2, 0.25) is 0 Å². The molecule has 0 bridgehead atoms. The van der Waals surface area contributed by atoms with Crippen molar-refractivity contribution in [3.05, 3.63) is 37.6 Å². The van der Waals surface area contributed by atoms with Gasteiger partial charge in [-0.05, 0) is 6.42 Å². The van der Waals surface area contributed by atoms with Gasteiger partial charge in [-0.1, -0.05) is 13.3 Å². The van der Waals surface area contributed by atoms with Crippen LogP contribution >= 0.6 is 0 Å². The maximum atomic E-state index is 2.26. The molecule has 0 aromatic heterocycles. The molecule has 0 aromatic rings. The van der Waals surface area contributed by atoms with Crippen LogP contribution in [0.5, 0.6) is 0 Å². The topological polar surface area (TPSA) is 0 Å². The summed E-state index contributed by atoms with van der Waals surface area (Å²) >= 11 is 0. The van der Waals surface area contributed by atoms with Gasteiger partial charge in [0.15, 0.2) is 0 Å². The van der Waals surface area contributed by atoms with Gasteiger partial charge in [-0.3, -0.25) is 0 Å². The third-order valence-corrected chi connectivity index (χ3v) is 1.37. The van der Waals surface area contributed by atoms with Gasteiger partial charge < -0.3 is 7.43 Å². The molecule has 0 saturated carbocycles. The van der Waals surface area contributed by atoms with Gasteiger partial charge in [0.25, 0.3) is 0 Å². The van der Waals surface area contributed by atoms with E-state index in [1.165, 1.54) is 12.0 Å². The molecule has 0 amide bonds.